The van der Waals surface area contributed by atoms with E-state index in [1.165, 1.54) is 7.11 Å². The van der Waals surface area contributed by atoms with Crippen molar-refractivity contribution in [2.45, 2.75) is 12.4 Å². The average molecular weight is 269 g/mol. The molecule has 17 heavy (non-hydrogen) atoms. The number of alkyl halides is 6. The molecule has 0 aliphatic heterocycles. The van der Waals surface area contributed by atoms with Crippen LogP contribution in [0.25, 0.3) is 0 Å². The molecular formula is C7H9F6NO3. The van der Waals surface area contributed by atoms with Gasteiger partial charge in [0, 0.05) is 7.11 Å². The summed E-state index contributed by atoms with van der Waals surface area (Å²) in [7, 11) is 1.24. The summed E-state index contributed by atoms with van der Waals surface area (Å²) in [5.74, 6) is -6.43. The van der Waals surface area contributed by atoms with Crippen LogP contribution in [0.5, 0.6) is 0 Å². The van der Waals surface area contributed by atoms with Crippen molar-refractivity contribution in [1.82, 2.24) is 5.48 Å². The average Bonchev–Trinajstić information content (AvgIpc) is 2.07. The Morgan fingerprint density at radius 2 is 1.59 bits per heavy atom. The zero-order valence-electron chi connectivity index (χ0n) is 8.48. The fourth-order valence-electron chi connectivity index (χ4n) is 0.789. The molecule has 4 nitrogen and oxygen atoms in total. The van der Waals surface area contributed by atoms with Crippen LogP contribution in [0.2, 0.25) is 0 Å². The highest BCUT2D eigenvalue weighted by Crippen LogP contribution is 2.39. The predicted octanol–water partition coefficient (Wildman–Crippen LogP) is 1.42. The second-order valence-corrected chi connectivity index (χ2v) is 2.82. The van der Waals surface area contributed by atoms with Gasteiger partial charge in [0.1, 0.15) is 0 Å². The first-order chi connectivity index (χ1) is 7.60. The highest BCUT2D eigenvalue weighted by atomic mass is 19.4. The van der Waals surface area contributed by atoms with Crippen molar-refractivity contribution in [2.24, 2.45) is 5.92 Å². The predicted molar refractivity (Wildman–Crippen MR) is 41.6 cm³/mol. The Labute approximate surface area is 91.8 Å². The Morgan fingerprint density at radius 3 is 1.94 bits per heavy atom. The lowest BCUT2D eigenvalue weighted by molar-refractivity contribution is -0.277. The summed E-state index contributed by atoms with van der Waals surface area (Å²) in [6.07, 6.45) is -11.5. The van der Waals surface area contributed by atoms with Gasteiger partial charge in [0.25, 0.3) is 5.91 Å². The van der Waals surface area contributed by atoms with Crippen LogP contribution in [0.4, 0.5) is 26.3 Å². The fraction of sp³-hybridized carbons (Fsp3) is 0.857. The first kappa shape index (κ1) is 16.0. The van der Waals surface area contributed by atoms with Gasteiger partial charge in [-0.15, -0.1) is 0 Å². The molecule has 0 aromatic rings. The van der Waals surface area contributed by atoms with Crippen molar-refractivity contribution >= 4 is 5.91 Å². The van der Waals surface area contributed by atoms with Crippen LogP contribution in [0.1, 0.15) is 0 Å². The van der Waals surface area contributed by atoms with Crippen LogP contribution in [-0.2, 0) is 14.4 Å². The zero-order valence-corrected chi connectivity index (χ0v) is 8.48. The van der Waals surface area contributed by atoms with E-state index >= 15 is 0 Å². The highest BCUT2D eigenvalue weighted by Gasteiger charge is 2.61. The van der Waals surface area contributed by atoms with Crippen LogP contribution in [0.15, 0.2) is 0 Å². The molecule has 0 aliphatic carbocycles. The zero-order chi connectivity index (χ0) is 13.7. The largest absolute Gasteiger partial charge is 0.409 e. The number of hydrogen-bond acceptors (Lipinski definition) is 3. The van der Waals surface area contributed by atoms with Crippen LogP contribution in [0.3, 0.4) is 0 Å². The van der Waals surface area contributed by atoms with Crippen molar-refractivity contribution in [3.63, 3.8) is 0 Å². The van der Waals surface area contributed by atoms with Gasteiger partial charge in [-0.25, -0.2) is 5.48 Å². The lowest BCUT2D eigenvalue weighted by Gasteiger charge is -2.21. The third kappa shape index (κ3) is 5.73. The van der Waals surface area contributed by atoms with Crippen LogP contribution in [0, 0.1) is 5.92 Å². The Bertz CT molecular complexity index is 237. The Balaban J connectivity index is 4.47. The number of nitrogens with one attached hydrogen (secondary N) is 1. The van der Waals surface area contributed by atoms with E-state index in [2.05, 4.69) is 9.57 Å². The van der Waals surface area contributed by atoms with E-state index in [1.807, 2.05) is 0 Å². The number of hydrogen-bond donors (Lipinski definition) is 1. The molecule has 0 atom stereocenters. The molecular weight excluding hydrogens is 260 g/mol. The van der Waals surface area contributed by atoms with E-state index < -0.39 is 24.2 Å². The third-order valence-corrected chi connectivity index (χ3v) is 1.48. The normalized spacial score (nSPS) is 12.9. The van der Waals surface area contributed by atoms with E-state index in [-0.39, 0.29) is 13.2 Å². The highest BCUT2D eigenvalue weighted by molar-refractivity contribution is 5.79. The van der Waals surface area contributed by atoms with Crippen molar-refractivity contribution in [3.8, 4) is 0 Å². The van der Waals surface area contributed by atoms with Gasteiger partial charge < -0.3 is 4.74 Å². The number of amides is 1. The fourth-order valence-corrected chi connectivity index (χ4v) is 0.789. The standard InChI is InChI=1S/C7H9F6NO3/c1-16-2-3-17-14-5(15)4(6(8,9)10)7(11,12)13/h4H,2-3H2,1H3,(H,14,15). The van der Waals surface area contributed by atoms with Gasteiger partial charge in [-0.2, -0.15) is 26.3 Å². The van der Waals surface area contributed by atoms with Gasteiger partial charge >= 0.3 is 12.4 Å². The molecule has 1 amide bonds. The maximum atomic E-state index is 12.0. The van der Waals surface area contributed by atoms with E-state index in [4.69, 9.17) is 0 Å². The quantitative estimate of drug-likeness (QED) is 0.466. The first-order valence-electron chi connectivity index (χ1n) is 4.14. The van der Waals surface area contributed by atoms with Crippen molar-refractivity contribution in [1.29, 1.82) is 0 Å². The maximum absolute atomic E-state index is 12.0. The first-order valence-corrected chi connectivity index (χ1v) is 4.14. The number of ether oxygens (including phenoxy) is 1. The second-order valence-electron chi connectivity index (χ2n) is 2.82. The summed E-state index contributed by atoms with van der Waals surface area (Å²) in [5, 5.41) is 0. The maximum Gasteiger partial charge on any atom is 0.409 e. The van der Waals surface area contributed by atoms with Crippen molar-refractivity contribution < 1.29 is 40.7 Å². The minimum atomic E-state index is -5.73. The van der Waals surface area contributed by atoms with Gasteiger partial charge in [0.2, 0.25) is 5.92 Å². The molecule has 1 N–H and O–H groups in total. The Kier molecular flexibility index (Phi) is 5.69. The smallest absolute Gasteiger partial charge is 0.382 e. The summed E-state index contributed by atoms with van der Waals surface area (Å²) in [6.45, 7) is -0.465. The molecule has 0 heterocycles. The number of carbonyl (C=O) groups is 1. The van der Waals surface area contributed by atoms with Gasteiger partial charge in [-0.3, -0.25) is 9.63 Å². The Hall–Kier alpha value is -1.03. The van der Waals surface area contributed by atoms with Gasteiger partial charge in [-0.05, 0) is 0 Å². The summed E-state index contributed by atoms with van der Waals surface area (Å²) in [6, 6.07) is 0. The summed E-state index contributed by atoms with van der Waals surface area (Å²) in [5.41, 5.74) is 1.07. The van der Waals surface area contributed by atoms with Crippen LogP contribution < -0.4 is 5.48 Å². The summed E-state index contributed by atoms with van der Waals surface area (Å²) >= 11 is 0. The van der Waals surface area contributed by atoms with E-state index in [9.17, 15) is 31.1 Å². The Morgan fingerprint density at radius 1 is 1.12 bits per heavy atom. The lowest BCUT2D eigenvalue weighted by atomic mass is 10.1. The molecule has 0 aliphatic rings. The number of rotatable bonds is 5. The molecule has 0 saturated heterocycles. The van der Waals surface area contributed by atoms with E-state index in [1.54, 1.807) is 0 Å². The van der Waals surface area contributed by atoms with Crippen molar-refractivity contribution in [2.75, 3.05) is 20.3 Å². The minimum absolute atomic E-state index is 0.0943. The van der Waals surface area contributed by atoms with E-state index in [0.717, 1.165) is 5.48 Å². The van der Waals surface area contributed by atoms with Crippen LogP contribution in [-0.4, -0.2) is 38.6 Å². The van der Waals surface area contributed by atoms with Gasteiger partial charge in [0.15, 0.2) is 0 Å². The molecule has 0 radical (unpaired) electrons. The number of halogens is 6. The molecule has 0 rings (SSSR count). The monoisotopic (exact) mass is 269 g/mol. The minimum Gasteiger partial charge on any atom is -0.382 e. The molecule has 0 aromatic carbocycles. The van der Waals surface area contributed by atoms with Gasteiger partial charge in [-0.1, -0.05) is 0 Å². The number of methoxy groups -OCH3 is 1. The third-order valence-electron chi connectivity index (χ3n) is 1.48. The summed E-state index contributed by atoms with van der Waals surface area (Å²) < 4.78 is 76.3. The van der Waals surface area contributed by atoms with Crippen LogP contribution >= 0.6 is 0 Å². The molecule has 0 spiro atoms. The van der Waals surface area contributed by atoms with Gasteiger partial charge in [0.05, 0.1) is 13.2 Å². The SMILES string of the molecule is COCCONC(=O)C(C(F)(F)F)C(F)(F)F. The number of carbonyl (C=O) groups excluding carboxylic acids is 1. The molecule has 0 bridgehead atoms. The molecule has 0 saturated carbocycles. The molecule has 0 unspecified atom stereocenters. The number of hydroxylamine groups is 1. The molecule has 102 valence electrons. The second kappa shape index (κ2) is 6.05. The molecule has 10 heteroatoms. The molecule has 0 aromatic heterocycles. The lowest BCUT2D eigenvalue weighted by Crippen LogP contribution is -2.48. The summed E-state index contributed by atoms with van der Waals surface area (Å²) in [4.78, 5) is 14.8. The van der Waals surface area contributed by atoms with Crippen molar-refractivity contribution in [3.05, 3.63) is 0 Å². The topological polar surface area (TPSA) is 47.6 Å². The van der Waals surface area contributed by atoms with E-state index in [0.29, 0.717) is 0 Å². The molecule has 0 fully saturated rings.